The van der Waals surface area contributed by atoms with Gasteiger partial charge in [0.2, 0.25) is 0 Å². The summed E-state index contributed by atoms with van der Waals surface area (Å²) in [4.78, 5) is 0. The second-order valence-electron chi connectivity index (χ2n) is 38.7. The summed E-state index contributed by atoms with van der Waals surface area (Å²) in [5, 5.41) is 0. The molecule has 0 radical (unpaired) electrons. The zero-order valence-electron chi connectivity index (χ0n) is 90.5. The van der Waals surface area contributed by atoms with Gasteiger partial charge in [0.1, 0.15) is 0 Å². The molecular weight excluding hydrogens is 1890 g/mol. The molecule has 0 aromatic heterocycles. The molecule has 0 unspecified atom stereocenters. The second kappa shape index (κ2) is 127. The van der Waals surface area contributed by atoms with Crippen LogP contribution in [0.1, 0.15) is 633 Å². The van der Waals surface area contributed by atoms with Crippen molar-refractivity contribution in [2.75, 3.05) is 40.3 Å². The Labute approximate surface area is 873 Å². The Bertz CT molecular complexity index is 2500. The molecule has 24 nitrogen and oxygen atoms in total. The molecule has 836 valence electrons. The minimum atomic E-state index is -3.99. The van der Waals surface area contributed by atoms with Gasteiger partial charge in [-0.25, -0.2) is 8.42 Å². The van der Waals surface area contributed by atoms with Crippen molar-refractivity contribution < 1.29 is 137 Å². The third-order valence-corrected chi connectivity index (χ3v) is 30.1. The zero-order valence-corrected chi connectivity index (χ0v) is 98.2. The van der Waals surface area contributed by atoms with E-state index < -0.39 is 70.8 Å². The monoisotopic (exact) mass is 2120 g/mol. The smallest absolute Gasteiger partial charge is 0.748 e. The van der Waals surface area contributed by atoms with Crippen LogP contribution in [0.2, 0.25) is 0 Å². The summed E-state index contributed by atoms with van der Waals surface area (Å²) in [6.07, 6.45) is 111. The molecule has 0 spiro atoms. The molecule has 0 heterocycles. The molecule has 32 heteroatoms. The van der Waals surface area contributed by atoms with Crippen molar-refractivity contribution in [1.82, 2.24) is 0 Å². The van der Waals surface area contributed by atoms with E-state index in [1.54, 1.807) is 0 Å². The van der Waals surface area contributed by atoms with Crippen molar-refractivity contribution in [3.63, 3.8) is 0 Å². The van der Waals surface area contributed by atoms with Crippen molar-refractivity contribution >= 4 is 70.8 Å². The molecule has 0 aromatic carbocycles. The first kappa shape index (κ1) is 160. The fraction of sp³-hybridized carbons (Fsp3) is 1.00. The van der Waals surface area contributed by atoms with E-state index in [1.165, 1.54) is 449 Å². The third kappa shape index (κ3) is 195. The van der Waals surface area contributed by atoms with Crippen LogP contribution in [0.25, 0.3) is 0 Å². The van der Waals surface area contributed by atoms with E-state index in [0.717, 1.165) is 89.9 Å². The molecule has 0 bridgehead atoms. The van der Waals surface area contributed by atoms with E-state index in [4.69, 9.17) is 27.3 Å². The van der Waals surface area contributed by atoms with Gasteiger partial charge in [0.25, 0.3) is 60.7 Å². The summed E-state index contributed by atoms with van der Waals surface area (Å²) >= 11 is 0. The van der Waals surface area contributed by atoms with E-state index in [9.17, 15) is 63.5 Å². The molecule has 0 atom stereocenters. The van der Waals surface area contributed by atoms with Crippen LogP contribution in [-0.4, -0.2) is 147 Å². The molecule has 0 amide bonds. The van der Waals surface area contributed by atoms with Crippen LogP contribution in [0.5, 0.6) is 0 Å². The predicted molar refractivity (Wildman–Crippen MR) is 584 cm³/mol. The minimum Gasteiger partial charge on any atom is -0.748 e. The van der Waals surface area contributed by atoms with Crippen molar-refractivity contribution in [2.45, 2.75) is 633 Å². The normalized spacial score (nSPS) is 11.5. The molecule has 12 N–H and O–H groups in total. The summed E-state index contributed by atoms with van der Waals surface area (Å²) in [5.41, 5.74) is 0. The van der Waals surface area contributed by atoms with Gasteiger partial charge in [-0.3, -0.25) is 27.3 Å². The van der Waals surface area contributed by atoms with E-state index >= 15 is 0 Å². The summed E-state index contributed by atoms with van der Waals surface area (Å²) in [5.74, 6) is -0.661. The minimum absolute atomic E-state index is 0. The molecular formula is C105H229NaO24S7. The standard InChI is InChI=1S/7C15H32O3S.Na.3H2O/c7*1-2-3-4-5-6-7-8-9-10-11-12-13-14-15-19(16,17)18;;;;/h7*2-15H2,1H3,(H,16,17,18);;3*1H2/q;;;;;;;+1;;;/p-1. The maximum atomic E-state index is 10.5. The van der Waals surface area contributed by atoms with Gasteiger partial charge < -0.3 is 21.0 Å². The van der Waals surface area contributed by atoms with Gasteiger partial charge >= 0.3 is 29.6 Å². The van der Waals surface area contributed by atoms with Crippen LogP contribution in [-0.2, 0) is 70.8 Å². The Morgan fingerprint density at radius 3 is 0.241 bits per heavy atom. The Morgan fingerprint density at radius 1 is 0.124 bits per heavy atom. The summed E-state index contributed by atoms with van der Waals surface area (Å²) < 4.78 is 208. The van der Waals surface area contributed by atoms with Crippen LogP contribution in [0.15, 0.2) is 0 Å². The molecule has 0 fully saturated rings. The van der Waals surface area contributed by atoms with E-state index in [2.05, 4.69) is 48.5 Å². The fourth-order valence-electron chi connectivity index (χ4n) is 16.1. The van der Waals surface area contributed by atoms with Gasteiger partial charge in [-0.2, -0.15) is 50.5 Å². The van der Waals surface area contributed by atoms with Crippen LogP contribution < -0.4 is 29.6 Å². The SMILES string of the molecule is CCCCCCCCCCCCCCCS(=O)(=O)O.CCCCCCCCCCCCCCCS(=O)(=O)O.CCCCCCCCCCCCCCCS(=O)(=O)O.CCCCCCCCCCCCCCCS(=O)(=O)O.CCCCCCCCCCCCCCCS(=O)(=O)O.CCCCCCCCCCCCCCCS(=O)(=O)O.CCCCCCCCCCCCCCCS(=O)(=O)[O-].O.O.O.[Na+]. The number of hydrogen-bond acceptors (Lipinski definition) is 15. The van der Waals surface area contributed by atoms with Gasteiger partial charge in [0.15, 0.2) is 0 Å². The molecule has 137 heavy (non-hydrogen) atoms. The predicted octanol–water partition coefficient (Wildman–Crippen LogP) is 28.9. The van der Waals surface area contributed by atoms with Gasteiger partial charge in [0.05, 0.1) is 44.6 Å². The largest absolute Gasteiger partial charge is 1.00 e. The summed E-state index contributed by atoms with van der Waals surface area (Å²) in [7, 11) is -26.4. The Morgan fingerprint density at radius 2 is 0.182 bits per heavy atom. The maximum Gasteiger partial charge on any atom is 1.00 e. The third-order valence-electron chi connectivity index (χ3n) is 24.5. The zero-order chi connectivity index (χ0) is 101. The quantitative estimate of drug-likeness (QED) is 0.0187. The number of unbranched alkanes of at least 4 members (excludes halogenated alkanes) is 84. The van der Waals surface area contributed by atoms with Crippen molar-refractivity contribution in [1.29, 1.82) is 0 Å². The summed E-state index contributed by atoms with van der Waals surface area (Å²) in [6, 6.07) is 0. The first-order valence-corrected chi connectivity index (χ1v) is 67.3. The molecule has 0 saturated heterocycles. The van der Waals surface area contributed by atoms with Gasteiger partial charge in [-0.1, -0.05) is 588 Å². The van der Waals surface area contributed by atoms with Crippen LogP contribution in [0.3, 0.4) is 0 Å². The Balaban J connectivity index is -0.000000149. The fourth-order valence-corrected chi connectivity index (χ4v) is 20.1. The van der Waals surface area contributed by atoms with E-state index in [0.29, 0.717) is 44.9 Å². The first-order valence-electron chi connectivity index (χ1n) is 56.1. The average Bonchev–Trinajstić information content (AvgIpc) is 1.02. The van der Waals surface area contributed by atoms with Crippen LogP contribution in [0, 0.1) is 0 Å². The van der Waals surface area contributed by atoms with Gasteiger partial charge in [-0.15, -0.1) is 0 Å². The van der Waals surface area contributed by atoms with E-state index in [1.807, 2.05) is 0 Å². The average molecular weight is 2120 g/mol. The first-order chi connectivity index (χ1) is 63.4. The van der Waals surface area contributed by atoms with Gasteiger partial charge in [0, 0.05) is 5.75 Å². The summed E-state index contributed by atoms with van der Waals surface area (Å²) in [6.45, 7) is 15.7. The second-order valence-corrected chi connectivity index (χ2v) is 49.6. The van der Waals surface area contributed by atoms with Crippen molar-refractivity contribution in [3.8, 4) is 0 Å². The Hall–Kier alpha value is 0.250. The van der Waals surface area contributed by atoms with Crippen LogP contribution >= 0.6 is 0 Å². The molecule has 0 aromatic rings. The Kier molecular flexibility index (Phi) is 148. The number of rotatable bonds is 98. The number of hydrogen-bond donors (Lipinski definition) is 6. The van der Waals surface area contributed by atoms with Gasteiger partial charge in [-0.05, 0) is 44.9 Å². The van der Waals surface area contributed by atoms with Crippen molar-refractivity contribution in [2.24, 2.45) is 0 Å². The molecule has 0 saturated carbocycles. The van der Waals surface area contributed by atoms with Crippen molar-refractivity contribution in [3.05, 3.63) is 0 Å². The van der Waals surface area contributed by atoms with Crippen LogP contribution in [0.4, 0.5) is 0 Å². The molecule has 0 aliphatic heterocycles. The maximum absolute atomic E-state index is 10.5. The topological polar surface area (TPSA) is 478 Å². The molecule has 0 aliphatic carbocycles. The van der Waals surface area contributed by atoms with E-state index in [-0.39, 0.29) is 86.3 Å². The molecule has 0 aliphatic rings. The molecule has 0 rings (SSSR count).